The van der Waals surface area contributed by atoms with Gasteiger partial charge in [0, 0.05) is 28.2 Å². The van der Waals surface area contributed by atoms with Gasteiger partial charge in [-0.2, -0.15) is 11.8 Å². The Morgan fingerprint density at radius 3 is 3.05 bits per heavy atom. The monoisotopic (exact) mass is 311 g/mol. The molecule has 0 aromatic heterocycles. The van der Waals surface area contributed by atoms with Crippen molar-refractivity contribution in [2.45, 2.75) is 41.9 Å². The van der Waals surface area contributed by atoms with Crippen LogP contribution in [0.4, 0.5) is 5.69 Å². The summed E-state index contributed by atoms with van der Waals surface area (Å²) in [5.41, 5.74) is 7.54. The van der Waals surface area contributed by atoms with E-state index in [0.717, 1.165) is 47.8 Å². The number of ether oxygens (including phenoxy) is 1. The molecule has 0 bridgehead atoms. The zero-order valence-electron chi connectivity index (χ0n) is 11.8. The lowest BCUT2D eigenvalue weighted by atomic mass is 9.93. The summed E-state index contributed by atoms with van der Waals surface area (Å²) >= 11 is 1.95. The molecule has 3 nitrogen and oxygen atoms in total. The molecule has 0 aliphatic carbocycles. The lowest BCUT2D eigenvalue weighted by Gasteiger charge is -2.37. The van der Waals surface area contributed by atoms with E-state index in [-0.39, 0.29) is 10.9 Å². The summed E-state index contributed by atoms with van der Waals surface area (Å²) < 4.78 is 18.9. The van der Waals surface area contributed by atoms with Crippen LogP contribution in [0.5, 0.6) is 0 Å². The van der Waals surface area contributed by atoms with Crippen LogP contribution in [0.2, 0.25) is 0 Å². The number of nitrogen functional groups attached to an aromatic ring is 1. The van der Waals surface area contributed by atoms with Gasteiger partial charge in [-0.15, -0.1) is 0 Å². The van der Waals surface area contributed by atoms with Gasteiger partial charge in [-0.05, 0) is 55.7 Å². The number of hydrogen-bond acceptors (Lipinski definition) is 4. The number of rotatable bonds is 2. The van der Waals surface area contributed by atoms with Crippen LogP contribution in [-0.2, 0) is 15.5 Å². The van der Waals surface area contributed by atoms with Crippen molar-refractivity contribution < 1.29 is 8.95 Å². The van der Waals surface area contributed by atoms with Crippen molar-refractivity contribution in [2.24, 2.45) is 0 Å². The SMILES string of the molecule is Cc1cc(N)ccc1S(=O)C1CCOC2(CCSC2)C1. The number of nitrogens with two attached hydrogens (primary N) is 1. The van der Waals surface area contributed by atoms with E-state index >= 15 is 0 Å². The van der Waals surface area contributed by atoms with E-state index in [1.165, 1.54) is 5.75 Å². The second-order valence-corrected chi connectivity index (χ2v) is 8.58. The van der Waals surface area contributed by atoms with Crippen molar-refractivity contribution in [1.29, 1.82) is 0 Å². The molecule has 5 heteroatoms. The van der Waals surface area contributed by atoms with E-state index in [0.29, 0.717) is 0 Å². The van der Waals surface area contributed by atoms with Crippen LogP contribution < -0.4 is 5.73 Å². The van der Waals surface area contributed by atoms with E-state index in [4.69, 9.17) is 10.5 Å². The minimum atomic E-state index is -0.957. The van der Waals surface area contributed by atoms with Gasteiger partial charge in [0.2, 0.25) is 0 Å². The molecule has 2 aliphatic rings. The van der Waals surface area contributed by atoms with Gasteiger partial charge in [0.25, 0.3) is 0 Å². The highest BCUT2D eigenvalue weighted by molar-refractivity contribution is 7.99. The minimum absolute atomic E-state index is 0.00897. The van der Waals surface area contributed by atoms with Gasteiger partial charge in [-0.3, -0.25) is 4.21 Å². The second kappa shape index (κ2) is 5.70. The van der Waals surface area contributed by atoms with E-state index in [1.807, 2.05) is 36.9 Å². The van der Waals surface area contributed by atoms with Crippen LogP contribution in [-0.4, -0.2) is 33.2 Å². The Morgan fingerprint density at radius 2 is 2.35 bits per heavy atom. The smallest absolute Gasteiger partial charge is 0.0791 e. The van der Waals surface area contributed by atoms with Crippen LogP contribution in [0.3, 0.4) is 0 Å². The zero-order chi connectivity index (χ0) is 14.2. The molecule has 2 fully saturated rings. The van der Waals surface area contributed by atoms with E-state index in [1.54, 1.807) is 0 Å². The summed E-state index contributed by atoms with van der Waals surface area (Å²) in [6, 6.07) is 5.68. The zero-order valence-corrected chi connectivity index (χ0v) is 13.4. The van der Waals surface area contributed by atoms with Gasteiger partial charge >= 0.3 is 0 Å². The third kappa shape index (κ3) is 2.76. The molecule has 2 heterocycles. The predicted molar refractivity (Wildman–Crippen MR) is 85.6 cm³/mol. The molecule has 0 radical (unpaired) electrons. The Labute approximate surface area is 127 Å². The van der Waals surface area contributed by atoms with Crippen LogP contribution >= 0.6 is 11.8 Å². The van der Waals surface area contributed by atoms with Gasteiger partial charge in [0.15, 0.2) is 0 Å². The first-order chi connectivity index (χ1) is 9.60. The highest BCUT2D eigenvalue weighted by Crippen LogP contribution is 2.40. The van der Waals surface area contributed by atoms with Crippen LogP contribution in [0.15, 0.2) is 23.1 Å². The molecule has 2 N–H and O–H groups in total. The maximum Gasteiger partial charge on any atom is 0.0791 e. The molecule has 20 heavy (non-hydrogen) atoms. The van der Waals surface area contributed by atoms with E-state index < -0.39 is 10.8 Å². The fourth-order valence-electron chi connectivity index (χ4n) is 3.11. The van der Waals surface area contributed by atoms with Gasteiger partial charge in [-0.25, -0.2) is 0 Å². The first-order valence-electron chi connectivity index (χ1n) is 7.08. The molecule has 1 spiro atoms. The van der Waals surface area contributed by atoms with Gasteiger partial charge < -0.3 is 10.5 Å². The van der Waals surface area contributed by atoms with E-state index in [2.05, 4.69) is 0 Å². The molecular formula is C15H21NO2S2. The fourth-order valence-corrected chi connectivity index (χ4v) is 6.19. The summed E-state index contributed by atoms with van der Waals surface area (Å²) in [6.07, 6.45) is 2.92. The maximum absolute atomic E-state index is 12.9. The summed E-state index contributed by atoms with van der Waals surface area (Å²) in [5.74, 6) is 2.22. The number of thioether (sulfide) groups is 1. The van der Waals surface area contributed by atoms with Gasteiger partial charge in [0.05, 0.1) is 16.4 Å². The molecule has 3 unspecified atom stereocenters. The Bertz CT molecular complexity index is 527. The summed E-state index contributed by atoms with van der Waals surface area (Å²) in [4.78, 5) is 0.937. The molecule has 0 saturated carbocycles. The van der Waals surface area contributed by atoms with Crippen molar-refractivity contribution in [3.63, 3.8) is 0 Å². The highest BCUT2D eigenvalue weighted by atomic mass is 32.2. The molecule has 0 amide bonds. The Morgan fingerprint density at radius 1 is 1.50 bits per heavy atom. The van der Waals surface area contributed by atoms with Crippen molar-refractivity contribution >= 4 is 28.2 Å². The topological polar surface area (TPSA) is 52.3 Å². The quantitative estimate of drug-likeness (QED) is 0.853. The number of hydrogen-bond donors (Lipinski definition) is 1. The van der Waals surface area contributed by atoms with Gasteiger partial charge in [0.1, 0.15) is 0 Å². The molecule has 3 atom stereocenters. The number of anilines is 1. The molecule has 1 aromatic rings. The third-order valence-electron chi connectivity index (χ3n) is 4.23. The normalized spacial score (nSPS) is 31.6. The number of aryl methyl sites for hydroxylation is 1. The Kier molecular flexibility index (Phi) is 4.11. The molecule has 2 saturated heterocycles. The lowest BCUT2D eigenvalue weighted by Crippen LogP contribution is -2.43. The van der Waals surface area contributed by atoms with Crippen LogP contribution in [0, 0.1) is 6.92 Å². The molecule has 3 rings (SSSR count). The fraction of sp³-hybridized carbons (Fsp3) is 0.600. The van der Waals surface area contributed by atoms with Crippen molar-refractivity contribution in [2.75, 3.05) is 23.8 Å². The Hall–Kier alpha value is -0.520. The molecule has 1 aromatic carbocycles. The predicted octanol–water partition coefficient (Wildman–Crippen LogP) is 2.74. The summed E-state index contributed by atoms with van der Waals surface area (Å²) in [5, 5.41) is 0.213. The van der Waals surface area contributed by atoms with Crippen molar-refractivity contribution in [3.8, 4) is 0 Å². The average Bonchev–Trinajstić information content (AvgIpc) is 2.86. The van der Waals surface area contributed by atoms with Crippen molar-refractivity contribution in [1.82, 2.24) is 0 Å². The van der Waals surface area contributed by atoms with Crippen LogP contribution in [0.25, 0.3) is 0 Å². The summed E-state index contributed by atoms with van der Waals surface area (Å²) in [6.45, 7) is 2.73. The van der Waals surface area contributed by atoms with E-state index in [9.17, 15) is 4.21 Å². The first kappa shape index (κ1) is 14.4. The minimum Gasteiger partial charge on any atom is -0.399 e. The first-order valence-corrected chi connectivity index (χ1v) is 9.45. The molecular weight excluding hydrogens is 290 g/mol. The maximum atomic E-state index is 12.9. The average molecular weight is 311 g/mol. The molecule has 110 valence electrons. The van der Waals surface area contributed by atoms with Crippen LogP contribution in [0.1, 0.15) is 24.8 Å². The molecule has 2 aliphatic heterocycles. The lowest BCUT2D eigenvalue weighted by molar-refractivity contribution is -0.0567. The van der Waals surface area contributed by atoms with Crippen molar-refractivity contribution in [3.05, 3.63) is 23.8 Å². The number of benzene rings is 1. The Balaban J connectivity index is 1.79. The highest BCUT2D eigenvalue weighted by Gasteiger charge is 2.42. The largest absolute Gasteiger partial charge is 0.399 e. The van der Waals surface area contributed by atoms with Gasteiger partial charge in [-0.1, -0.05) is 0 Å². The summed E-state index contributed by atoms with van der Waals surface area (Å²) in [7, 11) is -0.957. The standard InChI is InChI=1S/C15H21NO2S2/c1-11-8-12(16)2-3-14(11)20(17)13-4-6-18-15(9-13)5-7-19-10-15/h2-3,8,13H,4-7,9-10,16H2,1H3. The third-order valence-corrected chi connectivity index (χ3v) is 7.36. The second-order valence-electron chi connectivity index (χ2n) is 5.77.